The van der Waals surface area contributed by atoms with Crippen molar-refractivity contribution in [3.8, 4) is 0 Å². The smallest absolute Gasteiger partial charge is 0.307 e. The Balaban J connectivity index is 2.44. The van der Waals surface area contributed by atoms with Crippen LogP contribution in [0.1, 0.15) is 19.2 Å². The van der Waals surface area contributed by atoms with Gasteiger partial charge in [0.05, 0.1) is 19.6 Å². The second-order valence-electron chi connectivity index (χ2n) is 3.76. The molecule has 0 aromatic carbocycles. The average molecular weight is 254 g/mol. The molecule has 0 radical (unpaired) electrons. The maximum absolute atomic E-state index is 11.2. The van der Waals surface area contributed by atoms with Crippen molar-refractivity contribution in [1.82, 2.24) is 19.9 Å². The highest BCUT2D eigenvalue weighted by Gasteiger charge is 2.08. The fraction of sp³-hybridized carbons (Fsp3) is 0.600. The standard InChI is InChI=1S/C10H18N6O2/c1-3-18-8(17)4-5-16(2)6-7-13-9(11)15-10(12)14-7/h3-6H2,1-2H3,(H4,11,12,13,14,15). The second-order valence-corrected chi connectivity index (χ2v) is 3.76. The summed E-state index contributed by atoms with van der Waals surface area (Å²) in [5, 5.41) is 0. The number of esters is 1. The van der Waals surface area contributed by atoms with Crippen molar-refractivity contribution < 1.29 is 9.53 Å². The van der Waals surface area contributed by atoms with Gasteiger partial charge in [0, 0.05) is 6.54 Å². The van der Waals surface area contributed by atoms with Gasteiger partial charge in [-0.15, -0.1) is 0 Å². The van der Waals surface area contributed by atoms with Crippen molar-refractivity contribution in [2.24, 2.45) is 0 Å². The normalized spacial score (nSPS) is 10.6. The lowest BCUT2D eigenvalue weighted by molar-refractivity contribution is -0.143. The Labute approximate surface area is 105 Å². The van der Waals surface area contributed by atoms with E-state index in [0.29, 0.717) is 31.9 Å². The quantitative estimate of drug-likeness (QED) is 0.647. The van der Waals surface area contributed by atoms with Crippen LogP contribution in [0.5, 0.6) is 0 Å². The van der Waals surface area contributed by atoms with Crippen molar-refractivity contribution in [3.05, 3.63) is 5.82 Å². The molecular formula is C10H18N6O2. The van der Waals surface area contributed by atoms with Crippen LogP contribution >= 0.6 is 0 Å². The molecule has 8 nitrogen and oxygen atoms in total. The zero-order valence-corrected chi connectivity index (χ0v) is 10.6. The Morgan fingerprint density at radius 3 is 2.44 bits per heavy atom. The fourth-order valence-electron chi connectivity index (χ4n) is 1.36. The van der Waals surface area contributed by atoms with E-state index in [0.717, 1.165) is 0 Å². The number of carbonyl (C=O) groups excluding carboxylic acids is 1. The first-order valence-electron chi connectivity index (χ1n) is 5.61. The Morgan fingerprint density at radius 2 is 1.89 bits per heavy atom. The molecule has 0 unspecified atom stereocenters. The van der Waals surface area contributed by atoms with Crippen LogP contribution in [0.4, 0.5) is 11.9 Å². The molecule has 0 atom stereocenters. The van der Waals surface area contributed by atoms with E-state index in [1.165, 1.54) is 0 Å². The highest BCUT2D eigenvalue weighted by molar-refractivity contribution is 5.69. The van der Waals surface area contributed by atoms with Crippen molar-refractivity contribution in [2.45, 2.75) is 19.9 Å². The first-order chi connectivity index (χ1) is 8.51. The van der Waals surface area contributed by atoms with Crippen LogP contribution in [-0.4, -0.2) is 46.0 Å². The zero-order valence-electron chi connectivity index (χ0n) is 10.6. The fourth-order valence-corrected chi connectivity index (χ4v) is 1.36. The summed E-state index contributed by atoms with van der Waals surface area (Å²) in [5.74, 6) is 0.443. The molecule has 0 spiro atoms. The molecule has 0 aliphatic rings. The Morgan fingerprint density at radius 1 is 1.28 bits per heavy atom. The first kappa shape index (κ1) is 14.1. The van der Waals surface area contributed by atoms with Crippen molar-refractivity contribution in [1.29, 1.82) is 0 Å². The molecule has 0 saturated heterocycles. The lowest BCUT2D eigenvalue weighted by Crippen LogP contribution is -2.24. The van der Waals surface area contributed by atoms with Gasteiger partial charge in [0.2, 0.25) is 11.9 Å². The van der Waals surface area contributed by atoms with E-state index in [1.54, 1.807) is 6.92 Å². The molecule has 0 bridgehead atoms. The second kappa shape index (κ2) is 6.70. The van der Waals surface area contributed by atoms with Gasteiger partial charge in [0.1, 0.15) is 5.82 Å². The van der Waals surface area contributed by atoms with Gasteiger partial charge in [0.15, 0.2) is 0 Å². The van der Waals surface area contributed by atoms with E-state index in [4.69, 9.17) is 16.2 Å². The van der Waals surface area contributed by atoms with Gasteiger partial charge in [0.25, 0.3) is 0 Å². The summed E-state index contributed by atoms with van der Waals surface area (Å²) in [7, 11) is 1.84. The van der Waals surface area contributed by atoms with Crippen LogP contribution in [0, 0.1) is 0 Å². The number of rotatable bonds is 6. The molecule has 0 amide bonds. The van der Waals surface area contributed by atoms with E-state index in [-0.39, 0.29) is 17.9 Å². The summed E-state index contributed by atoms with van der Waals surface area (Å²) < 4.78 is 4.83. The minimum Gasteiger partial charge on any atom is -0.466 e. The van der Waals surface area contributed by atoms with Gasteiger partial charge in [-0.25, -0.2) is 0 Å². The van der Waals surface area contributed by atoms with Crippen molar-refractivity contribution in [3.63, 3.8) is 0 Å². The van der Waals surface area contributed by atoms with Gasteiger partial charge >= 0.3 is 5.97 Å². The van der Waals surface area contributed by atoms with Crippen LogP contribution in [0.15, 0.2) is 0 Å². The minimum atomic E-state index is -0.223. The van der Waals surface area contributed by atoms with Gasteiger partial charge in [-0.2, -0.15) is 15.0 Å². The number of nitrogens with two attached hydrogens (primary N) is 2. The number of nitrogens with zero attached hydrogens (tertiary/aromatic N) is 4. The zero-order chi connectivity index (χ0) is 13.5. The van der Waals surface area contributed by atoms with Gasteiger partial charge in [-0.3, -0.25) is 9.69 Å². The minimum absolute atomic E-state index is 0.0938. The van der Waals surface area contributed by atoms with Crippen LogP contribution in [-0.2, 0) is 16.1 Å². The van der Waals surface area contributed by atoms with Crippen LogP contribution < -0.4 is 11.5 Å². The monoisotopic (exact) mass is 254 g/mol. The average Bonchev–Trinajstić information content (AvgIpc) is 2.25. The van der Waals surface area contributed by atoms with Gasteiger partial charge in [-0.05, 0) is 14.0 Å². The predicted octanol–water partition coefficient (Wildman–Crippen LogP) is -0.579. The highest BCUT2D eigenvalue weighted by atomic mass is 16.5. The SMILES string of the molecule is CCOC(=O)CCN(C)Cc1nc(N)nc(N)n1. The summed E-state index contributed by atoms with van der Waals surface area (Å²) in [5.41, 5.74) is 10.9. The molecule has 18 heavy (non-hydrogen) atoms. The van der Waals surface area contributed by atoms with E-state index in [9.17, 15) is 4.79 Å². The Bertz CT molecular complexity index is 391. The maximum Gasteiger partial charge on any atom is 0.307 e. The lowest BCUT2D eigenvalue weighted by Gasteiger charge is -2.15. The maximum atomic E-state index is 11.2. The van der Waals surface area contributed by atoms with E-state index in [1.807, 2.05) is 11.9 Å². The van der Waals surface area contributed by atoms with Crippen LogP contribution in [0.2, 0.25) is 0 Å². The molecule has 1 rings (SSSR count). The van der Waals surface area contributed by atoms with E-state index >= 15 is 0 Å². The van der Waals surface area contributed by atoms with Gasteiger partial charge < -0.3 is 16.2 Å². The number of aromatic nitrogens is 3. The summed E-state index contributed by atoms with van der Waals surface area (Å²) in [6, 6.07) is 0. The summed E-state index contributed by atoms with van der Waals surface area (Å²) in [4.78, 5) is 24.6. The number of anilines is 2. The molecule has 100 valence electrons. The molecule has 0 aliphatic carbocycles. The Kier molecular flexibility index (Phi) is 5.25. The number of hydrogen-bond acceptors (Lipinski definition) is 8. The van der Waals surface area contributed by atoms with Crippen LogP contribution in [0.3, 0.4) is 0 Å². The summed E-state index contributed by atoms with van der Waals surface area (Å²) in [6.45, 7) is 3.15. The first-order valence-corrected chi connectivity index (χ1v) is 5.61. The Hall–Kier alpha value is -1.96. The molecule has 1 aromatic rings. The predicted molar refractivity (Wildman–Crippen MR) is 66.2 cm³/mol. The third kappa shape index (κ3) is 4.91. The molecule has 4 N–H and O–H groups in total. The lowest BCUT2D eigenvalue weighted by atomic mass is 10.4. The molecule has 1 aromatic heterocycles. The molecule has 0 aliphatic heterocycles. The number of nitrogen functional groups attached to an aromatic ring is 2. The molecule has 0 fully saturated rings. The number of ether oxygens (including phenoxy) is 1. The van der Waals surface area contributed by atoms with Gasteiger partial charge in [-0.1, -0.05) is 0 Å². The van der Waals surface area contributed by atoms with Crippen LogP contribution in [0.25, 0.3) is 0 Å². The third-order valence-electron chi connectivity index (χ3n) is 2.13. The third-order valence-corrected chi connectivity index (χ3v) is 2.13. The van der Waals surface area contributed by atoms with E-state index in [2.05, 4.69) is 15.0 Å². The van der Waals surface area contributed by atoms with Crippen molar-refractivity contribution in [2.75, 3.05) is 31.7 Å². The van der Waals surface area contributed by atoms with Crippen molar-refractivity contribution >= 4 is 17.9 Å². The summed E-state index contributed by atoms with van der Waals surface area (Å²) in [6.07, 6.45) is 0.320. The number of carbonyl (C=O) groups is 1. The molecule has 8 heteroatoms. The summed E-state index contributed by atoms with van der Waals surface area (Å²) >= 11 is 0. The largest absolute Gasteiger partial charge is 0.466 e. The molecule has 0 saturated carbocycles. The molecule has 1 heterocycles. The number of hydrogen-bond donors (Lipinski definition) is 2. The highest BCUT2D eigenvalue weighted by Crippen LogP contribution is 2.02. The molecular weight excluding hydrogens is 236 g/mol. The topological polar surface area (TPSA) is 120 Å². The van der Waals surface area contributed by atoms with E-state index < -0.39 is 0 Å².